The van der Waals surface area contributed by atoms with E-state index in [1.165, 1.54) is 17.3 Å². The predicted molar refractivity (Wildman–Crippen MR) is 135 cm³/mol. The number of anilines is 2. The summed E-state index contributed by atoms with van der Waals surface area (Å²) in [7, 11) is 0. The molecule has 0 aliphatic carbocycles. The smallest absolute Gasteiger partial charge is 0.234 e. The highest BCUT2D eigenvalue weighted by atomic mass is 35.5. The topological polar surface area (TPSA) is 71.8 Å². The Morgan fingerprint density at radius 2 is 1.70 bits per heavy atom. The van der Waals surface area contributed by atoms with Crippen molar-refractivity contribution in [3.63, 3.8) is 0 Å². The summed E-state index contributed by atoms with van der Waals surface area (Å²) in [5.41, 5.74) is 4.95. The molecule has 168 valence electrons. The number of nitrogens with one attached hydrogen (secondary N) is 2. The van der Waals surface area contributed by atoms with Crippen LogP contribution in [-0.2, 0) is 11.3 Å². The number of halogens is 1. The van der Waals surface area contributed by atoms with Crippen LogP contribution in [0.5, 0.6) is 0 Å². The summed E-state index contributed by atoms with van der Waals surface area (Å²) in [6.07, 6.45) is 0. The van der Waals surface area contributed by atoms with Gasteiger partial charge in [-0.1, -0.05) is 53.2 Å². The van der Waals surface area contributed by atoms with Crippen molar-refractivity contribution in [1.82, 2.24) is 14.8 Å². The minimum absolute atomic E-state index is 0.101. The standard InChI is InChI=1S/C25H24ClN5OS/c1-17-6-10-20(11-7-17)27-15-23-29-30-25(31(23)22-12-8-19(26)9-13-22)33-16-24(32)28-21-5-3-4-18(2)14-21/h3-14,27H,15-16H2,1-2H3,(H,28,32). The summed E-state index contributed by atoms with van der Waals surface area (Å²) < 4.78 is 1.95. The van der Waals surface area contributed by atoms with Gasteiger partial charge in [0.2, 0.25) is 5.91 Å². The van der Waals surface area contributed by atoms with Gasteiger partial charge < -0.3 is 10.6 Å². The Kier molecular flexibility index (Phi) is 7.32. The van der Waals surface area contributed by atoms with Gasteiger partial charge in [-0.25, -0.2) is 0 Å². The number of carbonyl (C=O) groups is 1. The van der Waals surface area contributed by atoms with Crippen LogP contribution in [0.1, 0.15) is 17.0 Å². The van der Waals surface area contributed by atoms with Crippen molar-refractivity contribution in [3.8, 4) is 5.69 Å². The van der Waals surface area contributed by atoms with E-state index in [0.717, 1.165) is 28.5 Å². The van der Waals surface area contributed by atoms with E-state index in [2.05, 4.69) is 39.9 Å². The van der Waals surface area contributed by atoms with Crippen LogP contribution in [0.2, 0.25) is 5.02 Å². The van der Waals surface area contributed by atoms with Gasteiger partial charge in [0.15, 0.2) is 11.0 Å². The number of carbonyl (C=O) groups excluding carboxylic acids is 1. The van der Waals surface area contributed by atoms with E-state index in [-0.39, 0.29) is 11.7 Å². The third-order valence-electron chi connectivity index (χ3n) is 4.92. The van der Waals surface area contributed by atoms with Crippen LogP contribution in [0.4, 0.5) is 11.4 Å². The minimum atomic E-state index is -0.101. The Labute approximate surface area is 202 Å². The van der Waals surface area contributed by atoms with Crippen LogP contribution in [-0.4, -0.2) is 26.4 Å². The molecule has 33 heavy (non-hydrogen) atoms. The molecule has 0 aliphatic heterocycles. The SMILES string of the molecule is Cc1ccc(NCc2nnc(SCC(=O)Nc3cccc(C)c3)n2-c2ccc(Cl)cc2)cc1. The van der Waals surface area contributed by atoms with Crippen LogP contribution in [0.3, 0.4) is 0 Å². The Morgan fingerprint density at radius 1 is 0.939 bits per heavy atom. The van der Waals surface area contributed by atoms with Crippen molar-refractivity contribution in [2.24, 2.45) is 0 Å². The van der Waals surface area contributed by atoms with Gasteiger partial charge in [0.1, 0.15) is 0 Å². The number of hydrogen-bond acceptors (Lipinski definition) is 5. The zero-order chi connectivity index (χ0) is 23.2. The maximum atomic E-state index is 12.5. The van der Waals surface area contributed by atoms with E-state index >= 15 is 0 Å². The van der Waals surface area contributed by atoms with Gasteiger partial charge in [-0.05, 0) is 67.9 Å². The van der Waals surface area contributed by atoms with E-state index in [1.54, 1.807) is 0 Å². The molecule has 0 unspecified atom stereocenters. The molecule has 0 bridgehead atoms. The monoisotopic (exact) mass is 477 g/mol. The van der Waals surface area contributed by atoms with Crippen molar-refractivity contribution in [3.05, 3.63) is 94.8 Å². The summed E-state index contributed by atoms with van der Waals surface area (Å²) in [5.74, 6) is 0.848. The lowest BCUT2D eigenvalue weighted by Gasteiger charge is -2.12. The normalized spacial score (nSPS) is 10.8. The molecule has 0 fully saturated rings. The van der Waals surface area contributed by atoms with Crippen LogP contribution in [0.15, 0.2) is 78.0 Å². The fourth-order valence-electron chi connectivity index (χ4n) is 3.26. The van der Waals surface area contributed by atoms with E-state index in [0.29, 0.717) is 16.7 Å². The lowest BCUT2D eigenvalue weighted by atomic mass is 10.2. The van der Waals surface area contributed by atoms with Crippen LogP contribution >= 0.6 is 23.4 Å². The van der Waals surface area contributed by atoms with Gasteiger partial charge in [0, 0.05) is 22.1 Å². The minimum Gasteiger partial charge on any atom is -0.378 e. The van der Waals surface area contributed by atoms with Crippen molar-refractivity contribution in [1.29, 1.82) is 0 Å². The summed E-state index contributed by atoms with van der Waals surface area (Å²) in [6.45, 7) is 4.53. The lowest BCUT2D eigenvalue weighted by molar-refractivity contribution is -0.113. The van der Waals surface area contributed by atoms with Crippen molar-refractivity contribution < 1.29 is 4.79 Å². The van der Waals surface area contributed by atoms with E-state index in [9.17, 15) is 4.79 Å². The van der Waals surface area contributed by atoms with Gasteiger partial charge in [0.25, 0.3) is 0 Å². The third kappa shape index (κ3) is 6.15. The highest BCUT2D eigenvalue weighted by molar-refractivity contribution is 7.99. The first-order valence-electron chi connectivity index (χ1n) is 10.5. The number of aromatic nitrogens is 3. The molecule has 4 aromatic rings. The lowest BCUT2D eigenvalue weighted by Crippen LogP contribution is -2.15. The second kappa shape index (κ2) is 10.6. The second-order valence-electron chi connectivity index (χ2n) is 7.64. The van der Waals surface area contributed by atoms with Gasteiger partial charge in [0.05, 0.1) is 12.3 Å². The number of nitrogens with zero attached hydrogens (tertiary/aromatic N) is 3. The molecule has 0 spiro atoms. The number of thioether (sulfide) groups is 1. The van der Waals surface area contributed by atoms with Gasteiger partial charge in [-0.3, -0.25) is 9.36 Å². The first kappa shape index (κ1) is 22.9. The number of amides is 1. The van der Waals surface area contributed by atoms with Crippen LogP contribution in [0.25, 0.3) is 5.69 Å². The number of hydrogen-bond donors (Lipinski definition) is 2. The summed E-state index contributed by atoms with van der Waals surface area (Å²) in [4.78, 5) is 12.5. The third-order valence-corrected chi connectivity index (χ3v) is 6.10. The fraction of sp³-hybridized carbons (Fsp3) is 0.160. The molecular weight excluding hydrogens is 454 g/mol. The second-order valence-corrected chi connectivity index (χ2v) is 9.02. The molecule has 3 aromatic carbocycles. The zero-order valence-corrected chi connectivity index (χ0v) is 20.0. The Balaban J connectivity index is 1.51. The fourth-order valence-corrected chi connectivity index (χ4v) is 4.16. The average Bonchev–Trinajstić information content (AvgIpc) is 3.21. The van der Waals surface area contributed by atoms with Crippen molar-refractivity contribution in [2.45, 2.75) is 25.5 Å². The molecule has 2 N–H and O–H groups in total. The Morgan fingerprint density at radius 3 is 2.42 bits per heavy atom. The Hall–Kier alpha value is -3.29. The molecule has 1 aromatic heterocycles. The summed E-state index contributed by atoms with van der Waals surface area (Å²) >= 11 is 7.43. The molecule has 1 heterocycles. The van der Waals surface area contributed by atoms with Crippen molar-refractivity contribution >= 4 is 40.6 Å². The van der Waals surface area contributed by atoms with Gasteiger partial charge >= 0.3 is 0 Å². The number of aryl methyl sites for hydroxylation is 2. The molecule has 0 atom stereocenters. The van der Waals surface area contributed by atoms with Crippen LogP contribution in [0, 0.1) is 13.8 Å². The molecule has 8 heteroatoms. The number of rotatable bonds is 8. The first-order chi connectivity index (χ1) is 16.0. The zero-order valence-electron chi connectivity index (χ0n) is 18.4. The molecule has 4 rings (SSSR count). The first-order valence-corrected chi connectivity index (χ1v) is 11.8. The summed E-state index contributed by atoms with van der Waals surface area (Å²) in [5, 5.41) is 16.3. The quantitative estimate of drug-likeness (QED) is 0.310. The molecule has 0 radical (unpaired) electrons. The highest BCUT2D eigenvalue weighted by Gasteiger charge is 2.16. The van der Waals surface area contributed by atoms with E-state index in [1.807, 2.05) is 72.2 Å². The average molecular weight is 478 g/mol. The largest absolute Gasteiger partial charge is 0.378 e. The maximum Gasteiger partial charge on any atom is 0.234 e. The maximum absolute atomic E-state index is 12.5. The highest BCUT2D eigenvalue weighted by Crippen LogP contribution is 2.24. The number of benzene rings is 3. The van der Waals surface area contributed by atoms with Crippen LogP contribution < -0.4 is 10.6 Å². The van der Waals surface area contributed by atoms with E-state index < -0.39 is 0 Å². The molecule has 0 saturated carbocycles. The molecule has 0 aliphatic rings. The van der Waals surface area contributed by atoms with E-state index in [4.69, 9.17) is 11.6 Å². The van der Waals surface area contributed by atoms with Crippen molar-refractivity contribution in [2.75, 3.05) is 16.4 Å². The van der Waals surface area contributed by atoms with Gasteiger partial charge in [-0.2, -0.15) is 0 Å². The molecule has 1 amide bonds. The molecular formula is C25H24ClN5OS. The molecule has 0 saturated heterocycles. The Bertz CT molecular complexity index is 1240. The van der Waals surface area contributed by atoms with Gasteiger partial charge in [-0.15, -0.1) is 10.2 Å². The summed E-state index contributed by atoms with van der Waals surface area (Å²) in [6, 6.07) is 23.4. The molecule has 6 nitrogen and oxygen atoms in total. The predicted octanol–water partition coefficient (Wildman–Crippen LogP) is 5.88.